The Labute approximate surface area is 116 Å². The highest BCUT2D eigenvalue weighted by molar-refractivity contribution is 7.11. The molecule has 0 fully saturated rings. The van der Waals surface area contributed by atoms with Crippen LogP contribution in [0.5, 0.6) is 0 Å². The van der Waals surface area contributed by atoms with Gasteiger partial charge in [0.2, 0.25) is 0 Å². The van der Waals surface area contributed by atoms with Crippen molar-refractivity contribution in [3.63, 3.8) is 0 Å². The van der Waals surface area contributed by atoms with Gasteiger partial charge in [0.25, 0.3) is 0 Å². The molecule has 94 valence electrons. The normalized spacial score (nSPS) is 10.6. The number of aryl methyl sites for hydroxylation is 2. The van der Waals surface area contributed by atoms with Crippen molar-refractivity contribution < 1.29 is 4.79 Å². The highest BCUT2D eigenvalue weighted by atomic mass is 35.5. The van der Waals surface area contributed by atoms with Crippen LogP contribution in [0.25, 0.3) is 0 Å². The zero-order valence-corrected chi connectivity index (χ0v) is 11.9. The molecule has 0 bridgehead atoms. The molecule has 1 heterocycles. The van der Waals surface area contributed by atoms with E-state index in [2.05, 4.69) is 4.98 Å². The standard InChI is InChI=1S/C14H14ClNOS/c1-9-10(2)18-14(16-9)8-12(17)7-11-5-3-4-6-13(11)15/h3-6H,7-8H2,1-2H3. The number of hydrogen-bond acceptors (Lipinski definition) is 3. The summed E-state index contributed by atoms with van der Waals surface area (Å²) in [6, 6.07) is 7.45. The first-order chi connectivity index (χ1) is 8.56. The number of aromatic nitrogens is 1. The number of hydrogen-bond donors (Lipinski definition) is 0. The lowest BCUT2D eigenvalue weighted by Gasteiger charge is -2.02. The van der Waals surface area contributed by atoms with Crippen LogP contribution < -0.4 is 0 Å². The van der Waals surface area contributed by atoms with E-state index >= 15 is 0 Å². The van der Waals surface area contributed by atoms with Gasteiger partial charge in [0, 0.05) is 16.3 Å². The smallest absolute Gasteiger partial charge is 0.144 e. The Kier molecular flexibility index (Phi) is 4.15. The lowest BCUT2D eigenvalue weighted by atomic mass is 10.1. The van der Waals surface area contributed by atoms with Crippen molar-refractivity contribution in [2.24, 2.45) is 0 Å². The average molecular weight is 280 g/mol. The second kappa shape index (κ2) is 5.63. The first kappa shape index (κ1) is 13.2. The number of benzene rings is 1. The van der Waals surface area contributed by atoms with Gasteiger partial charge in [-0.15, -0.1) is 11.3 Å². The van der Waals surface area contributed by atoms with Crippen molar-refractivity contribution in [2.45, 2.75) is 26.7 Å². The molecule has 4 heteroatoms. The summed E-state index contributed by atoms with van der Waals surface area (Å²) >= 11 is 7.63. The molecular formula is C14H14ClNOS. The molecular weight excluding hydrogens is 266 g/mol. The maximum Gasteiger partial charge on any atom is 0.144 e. The van der Waals surface area contributed by atoms with Gasteiger partial charge in [0.1, 0.15) is 10.8 Å². The lowest BCUT2D eigenvalue weighted by molar-refractivity contribution is -0.117. The minimum Gasteiger partial charge on any atom is -0.299 e. The molecule has 18 heavy (non-hydrogen) atoms. The lowest BCUT2D eigenvalue weighted by Crippen LogP contribution is -2.06. The molecule has 0 N–H and O–H groups in total. The number of halogens is 1. The third-order valence-corrected chi connectivity index (χ3v) is 4.21. The summed E-state index contributed by atoms with van der Waals surface area (Å²) in [5.74, 6) is 0.150. The maximum absolute atomic E-state index is 12.0. The first-order valence-electron chi connectivity index (χ1n) is 5.74. The van der Waals surface area contributed by atoms with Crippen LogP contribution >= 0.6 is 22.9 Å². The number of nitrogens with zero attached hydrogens (tertiary/aromatic N) is 1. The zero-order chi connectivity index (χ0) is 13.1. The molecule has 0 unspecified atom stereocenters. The monoisotopic (exact) mass is 279 g/mol. The molecule has 2 rings (SSSR count). The van der Waals surface area contributed by atoms with E-state index in [1.54, 1.807) is 11.3 Å². The summed E-state index contributed by atoms with van der Waals surface area (Å²) in [5.41, 5.74) is 1.90. The second-order valence-corrected chi connectivity index (χ2v) is 5.93. The molecule has 0 atom stereocenters. The van der Waals surface area contributed by atoms with Crippen molar-refractivity contribution in [1.29, 1.82) is 0 Å². The molecule has 0 spiro atoms. The summed E-state index contributed by atoms with van der Waals surface area (Å²) in [4.78, 5) is 17.5. The van der Waals surface area contributed by atoms with Crippen LogP contribution in [0.2, 0.25) is 5.02 Å². The predicted octanol–water partition coefficient (Wildman–Crippen LogP) is 3.77. The van der Waals surface area contributed by atoms with Crippen molar-refractivity contribution in [3.05, 3.63) is 50.4 Å². The summed E-state index contributed by atoms with van der Waals surface area (Å²) in [5, 5.41) is 1.54. The Balaban J connectivity index is 2.03. The molecule has 0 aliphatic heterocycles. The van der Waals surface area contributed by atoms with E-state index in [4.69, 9.17) is 11.6 Å². The number of thiazole rings is 1. The largest absolute Gasteiger partial charge is 0.299 e. The summed E-state index contributed by atoms with van der Waals surface area (Å²) in [6.07, 6.45) is 0.766. The van der Waals surface area contributed by atoms with Crippen LogP contribution in [0.15, 0.2) is 24.3 Å². The van der Waals surface area contributed by atoms with Crippen LogP contribution in [0.1, 0.15) is 21.1 Å². The highest BCUT2D eigenvalue weighted by Gasteiger charge is 2.11. The third kappa shape index (κ3) is 3.18. The molecule has 0 radical (unpaired) electrons. The molecule has 1 aromatic carbocycles. The average Bonchev–Trinajstić information content (AvgIpc) is 2.61. The van der Waals surface area contributed by atoms with E-state index in [0.717, 1.165) is 16.3 Å². The highest BCUT2D eigenvalue weighted by Crippen LogP contribution is 2.19. The Hall–Kier alpha value is -1.19. The summed E-state index contributed by atoms with van der Waals surface area (Å²) in [6.45, 7) is 3.99. The summed E-state index contributed by atoms with van der Waals surface area (Å²) in [7, 11) is 0. The van der Waals surface area contributed by atoms with Crippen molar-refractivity contribution in [3.8, 4) is 0 Å². The fourth-order valence-electron chi connectivity index (χ4n) is 1.70. The van der Waals surface area contributed by atoms with E-state index in [9.17, 15) is 4.79 Å². The molecule has 0 saturated carbocycles. The second-order valence-electron chi connectivity index (χ2n) is 4.23. The van der Waals surface area contributed by atoms with E-state index < -0.39 is 0 Å². The molecule has 0 amide bonds. The molecule has 0 saturated heterocycles. The van der Waals surface area contributed by atoms with E-state index in [1.165, 1.54) is 4.88 Å². The van der Waals surface area contributed by atoms with Gasteiger partial charge in [-0.25, -0.2) is 4.98 Å². The minimum atomic E-state index is 0.150. The van der Waals surface area contributed by atoms with Crippen LogP contribution in [0, 0.1) is 13.8 Å². The molecule has 1 aromatic heterocycles. The van der Waals surface area contributed by atoms with Crippen LogP contribution in [0.4, 0.5) is 0 Å². The Morgan fingerprint density at radius 1 is 1.28 bits per heavy atom. The Morgan fingerprint density at radius 3 is 2.61 bits per heavy atom. The third-order valence-electron chi connectivity index (χ3n) is 2.77. The van der Waals surface area contributed by atoms with Gasteiger partial charge in [-0.1, -0.05) is 29.8 Å². The van der Waals surface area contributed by atoms with Crippen molar-refractivity contribution in [2.75, 3.05) is 0 Å². The quantitative estimate of drug-likeness (QED) is 0.853. The molecule has 2 nitrogen and oxygen atoms in total. The fourth-order valence-corrected chi connectivity index (χ4v) is 2.87. The van der Waals surface area contributed by atoms with Crippen molar-refractivity contribution >= 4 is 28.7 Å². The van der Waals surface area contributed by atoms with Crippen LogP contribution in [-0.4, -0.2) is 10.8 Å². The molecule has 0 aliphatic rings. The number of ketones is 1. The summed E-state index contributed by atoms with van der Waals surface area (Å²) < 4.78 is 0. The van der Waals surface area contributed by atoms with E-state index in [0.29, 0.717) is 17.9 Å². The van der Waals surface area contributed by atoms with E-state index in [1.807, 2.05) is 38.1 Å². The topological polar surface area (TPSA) is 30.0 Å². The van der Waals surface area contributed by atoms with Gasteiger partial charge in [-0.2, -0.15) is 0 Å². The maximum atomic E-state index is 12.0. The number of Topliss-reactive ketones (excluding diaryl/α,β-unsaturated/α-hetero) is 1. The van der Waals surface area contributed by atoms with Crippen LogP contribution in [-0.2, 0) is 17.6 Å². The Morgan fingerprint density at radius 2 is 2.00 bits per heavy atom. The first-order valence-corrected chi connectivity index (χ1v) is 6.93. The van der Waals surface area contributed by atoms with E-state index in [-0.39, 0.29) is 5.78 Å². The SMILES string of the molecule is Cc1nc(CC(=O)Cc2ccccc2Cl)sc1C. The van der Waals surface area contributed by atoms with Crippen molar-refractivity contribution in [1.82, 2.24) is 4.98 Å². The molecule has 0 aliphatic carbocycles. The van der Waals surface area contributed by atoms with Gasteiger partial charge >= 0.3 is 0 Å². The minimum absolute atomic E-state index is 0.150. The Bertz CT molecular complexity index is 557. The number of carbonyl (C=O) groups is 1. The number of carbonyl (C=O) groups excluding carboxylic acids is 1. The van der Waals surface area contributed by atoms with Crippen LogP contribution in [0.3, 0.4) is 0 Å². The van der Waals surface area contributed by atoms with Gasteiger partial charge in [0.15, 0.2) is 0 Å². The van der Waals surface area contributed by atoms with Gasteiger partial charge < -0.3 is 0 Å². The number of rotatable bonds is 4. The predicted molar refractivity (Wildman–Crippen MR) is 75.5 cm³/mol. The van der Waals surface area contributed by atoms with Gasteiger partial charge in [-0.05, 0) is 25.5 Å². The van der Waals surface area contributed by atoms with Gasteiger partial charge in [-0.3, -0.25) is 4.79 Å². The zero-order valence-electron chi connectivity index (χ0n) is 10.4. The fraction of sp³-hybridized carbons (Fsp3) is 0.286. The van der Waals surface area contributed by atoms with Gasteiger partial charge in [0.05, 0.1) is 12.1 Å². The molecule has 2 aromatic rings.